The lowest BCUT2D eigenvalue weighted by Gasteiger charge is -2.15. The van der Waals surface area contributed by atoms with Crippen LogP contribution in [0.2, 0.25) is 0 Å². The number of nitrogens with zero attached hydrogens (tertiary/aromatic N) is 4. The molecular weight excluding hydrogens is 394 g/mol. The van der Waals surface area contributed by atoms with Crippen molar-refractivity contribution in [1.82, 2.24) is 24.9 Å². The van der Waals surface area contributed by atoms with Crippen molar-refractivity contribution in [2.75, 3.05) is 6.61 Å². The van der Waals surface area contributed by atoms with Crippen molar-refractivity contribution < 1.29 is 14.3 Å². The fourth-order valence-corrected chi connectivity index (χ4v) is 3.53. The third-order valence-corrected chi connectivity index (χ3v) is 5.18. The number of rotatable bonds is 8. The van der Waals surface area contributed by atoms with Crippen LogP contribution in [0.5, 0.6) is 0 Å². The van der Waals surface area contributed by atoms with Gasteiger partial charge in [-0.3, -0.25) is 9.59 Å². The summed E-state index contributed by atoms with van der Waals surface area (Å²) in [6.45, 7) is 9.60. The Labute approximate surface area is 182 Å². The molecule has 0 aliphatic carbocycles. The van der Waals surface area contributed by atoms with Gasteiger partial charge in [-0.25, -0.2) is 9.50 Å². The number of esters is 1. The summed E-state index contributed by atoms with van der Waals surface area (Å²) < 4.78 is 6.77. The molecule has 0 aliphatic heterocycles. The molecule has 2 heterocycles. The van der Waals surface area contributed by atoms with E-state index in [4.69, 9.17) is 4.74 Å². The molecule has 164 valence electrons. The van der Waals surface area contributed by atoms with Gasteiger partial charge in [0.1, 0.15) is 6.33 Å². The van der Waals surface area contributed by atoms with Crippen LogP contribution in [0.15, 0.2) is 30.6 Å². The zero-order valence-corrected chi connectivity index (χ0v) is 18.7. The minimum atomic E-state index is -0.492. The first-order valence-electron chi connectivity index (χ1n) is 10.4. The van der Waals surface area contributed by atoms with Gasteiger partial charge >= 0.3 is 5.97 Å². The average molecular weight is 424 g/mol. The highest BCUT2D eigenvalue weighted by molar-refractivity contribution is 5.81. The van der Waals surface area contributed by atoms with E-state index in [1.807, 2.05) is 32.9 Å². The van der Waals surface area contributed by atoms with Crippen molar-refractivity contribution in [3.8, 4) is 0 Å². The Bertz CT molecular complexity index is 1070. The van der Waals surface area contributed by atoms with Crippen LogP contribution in [0.3, 0.4) is 0 Å². The molecule has 0 fully saturated rings. The smallest absolute Gasteiger partial charge is 0.310 e. The fourth-order valence-electron chi connectivity index (χ4n) is 3.53. The Morgan fingerprint density at radius 2 is 1.84 bits per heavy atom. The van der Waals surface area contributed by atoms with Crippen molar-refractivity contribution in [1.29, 1.82) is 0 Å². The Hall–Kier alpha value is -3.29. The maximum Gasteiger partial charge on any atom is 0.310 e. The highest BCUT2D eigenvalue weighted by Gasteiger charge is 2.17. The summed E-state index contributed by atoms with van der Waals surface area (Å²) in [5, 5.41) is 6.98. The molecule has 0 bridgehead atoms. The third kappa shape index (κ3) is 5.65. The number of amides is 1. The predicted molar refractivity (Wildman–Crippen MR) is 116 cm³/mol. The molecule has 8 heteroatoms. The standard InChI is InChI=1S/C23H29N5O3/c1-14(2)10-18-6-8-19(9-7-18)15(3)26-21(29)12-31-22(30)11-20-16(4)27-23-24-13-25-28(23)17(20)5/h6-9,13-15H,10-12H2,1-5H3,(H,26,29)/t15-/m0/s1. The van der Waals surface area contributed by atoms with Gasteiger partial charge in [-0.2, -0.15) is 10.1 Å². The van der Waals surface area contributed by atoms with E-state index in [0.29, 0.717) is 17.4 Å². The molecular formula is C23H29N5O3. The van der Waals surface area contributed by atoms with E-state index in [-0.39, 0.29) is 25.0 Å². The Morgan fingerprint density at radius 1 is 1.13 bits per heavy atom. The number of carbonyl (C=O) groups is 2. The lowest BCUT2D eigenvalue weighted by Crippen LogP contribution is -2.31. The maximum atomic E-state index is 12.3. The topological polar surface area (TPSA) is 98.5 Å². The molecule has 3 rings (SSSR count). The van der Waals surface area contributed by atoms with E-state index in [9.17, 15) is 9.59 Å². The summed E-state index contributed by atoms with van der Waals surface area (Å²) in [4.78, 5) is 33.0. The van der Waals surface area contributed by atoms with E-state index < -0.39 is 5.97 Å². The number of ether oxygens (including phenoxy) is 1. The van der Waals surface area contributed by atoms with Crippen LogP contribution in [-0.4, -0.2) is 38.1 Å². The van der Waals surface area contributed by atoms with E-state index in [2.05, 4.69) is 46.4 Å². The molecule has 1 amide bonds. The maximum absolute atomic E-state index is 12.3. The predicted octanol–water partition coefficient (Wildman–Crippen LogP) is 2.90. The third-order valence-electron chi connectivity index (χ3n) is 5.18. The lowest BCUT2D eigenvalue weighted by atomic mass is 10.00. The molecule has 0 aliphatic rings. The summed E-state index contributed by atoms with van der Waals surface area (Å²) in [7, 11) is 0. The van der Waals surface area contributed by atoms with E-state index in [0.717, 1.165) is 23.2 Å². The monoisotopic (exact) mass is 423 g/mol. The highest BCUT2D eigenvalue weighted by atomic mass is 16.5. The normalized spacial score (nSPS) is 12.2. The number of nitrogens with one attached hydrogen (secondary N) is 1. The summed E-state index contributed by atoms with van der Waals surface area (Å²) in [6.07, 6.45) is 2.45. The summed E-state index contributed by atoms with van der Waals surface area (Å²) >= 11 is 0. The van der Waals surface area contributed by atoms with Crippen LogP contribution < -0.4 is 5.32 Å². The van der Waals surface area contributed by atoms with Crippen molar-refractivity contribution in [3.05, 3.63) is 58.7 Å². The van der Waals surface area contributed by atoms with Crippen LogP contribution >= 0.6 is 0 Å². The molecule has 1 aromatic carbocycles. The van der Waals surface area contributed by atoms with Gasteiger partial charge in [0, 0.05) is 17.0 Å². The largest absolute Gasteiger partial charge is 0.455 e. The number of hydrogen-bond donors (Lipinski definition) is 1. The first-order valence-corrected chi connectivity index (χ1v) is 10.4. The zero-order chi connectivity index (χ0) is 22.5. The molecule has 0 saturated carbocycles. The van der Waals surface area contributed by atoms with Gasteiger partial charge in [0.2, 0.25) is 0 Å². The van der Waals surface area contributed by atoms with Gasteiger partial charge in [-0.15, -0.1) is 0 Å². The number of aryl methyl sites for hydroxylation is 2. The van der Waals surface area contributed by atoms with Crippen LogP contribution in [0.4, 0.5) is 0 Å². The molecule has 31 heavy (non-hydrogen) atoms. The zero-order valence-electron chi connectivity index (χ0n) is 18.7. The molecule has 8 nitrogen and oxygen atoms in total. The quantitative estimate of drug-likeness (QED) is 0.560. The minimum absolute atomic E-state index is 0.0145. The molecule has 3 aromatic rings. The van der Waals surface area contributed by atoms with Gasteiger partial charge in [-0.1, -0.05) is 38.1 Å². The van der Waals surface area contributed by atoms with Gasteiger partial charge in [0.15, 0.2) is 6.61 Å². The average Bonchev–Trinajstić information content (AvgIpc) is 3.18. The SMILES string of the molecule is Cc1nc2ncnn2c(C)c1CC(=O)OCC(=O)N[C@@H](C)c1ccc(CC(C)C)cc1. The highest BCUT2D eigenvalue weighted by Crippen LogP contribution is 2.16. The van der Waals surface area contributed by atoms with Gasteiger partial charge in [0.05, 0.1) is 12.5 Å². The Morgan fingerprint density at radius 3 is 2.52 bits per heavy atom. The minimum Gasteiger partial charge on any atom is -0.455 e. The van der Waals surface area contributed by atoms with Crippen LogP contribution in [0.25, 0.3) is 5.78 Å². The second-order valence-corrected chi connectivity index (χ2v) is 8.20. The summed E-state index contributed by atoms with van der Waals surface area (Å²) in [5.74, 6) is 0.246. The van der Waals surface area contributed by atoms with Crippen LogP contribution in [0, 0.1) is 19.8 Å². The molecule has 2 aromatic heterocycles. The lowest BCUT2D eigenvalue weighted by molar-refractivity contribution is -0.148. The van der Waals surface area contributed by atoms with Gasteiger partial charge in [-0.05, 0) is 44.2 Å². The Kier molecular flexibility index (Phi) is 6.99. The van der Waals surface area contributed by atoms with Crippen LogP contribution in [0.1, 0.15) is 54.9 Å². The fraction of sp³-hybridized carbons (Fsp3) is 0.435. The number of aromatic nitrogens is 4. The Balaban J connectivity index is 1.52. The molecule has 0 unspecified atom stereocenters. The number of hydrogen-bond acceptors (Lipinski definition) is 6. The van der Waals surface area contributed by atoms with Crippen molar-refractivity contribution in [2.24, 2.45) is 5.92 Å². The summed E-state index contributed by atoms with van der Waals surface area (Å²) in [5.41, 5.74) is 4.46. The van der Waals surface area contributed by atoms with E-state index >= 15 is 0 Å². The first kappa shape index (κ1) is 22.4. The van der Waals surface area contributed by atoms with Gasteiger partial charge in [0.25, 0.3) is 11.7 Å². The number of fused-ring (bicyclic) bond motifs is 1. The van der Waals surface area contributed by atoms with Crippen LogP contribution in [-0.2, 0) is 27.2 Å². The van der Waals surface area contributed by atoms with Crippen molar-refractivity contribution >= 4 is 17.7 Å². The first-order chi connectivity index (χ1) is 14.7. The molecule has 1 N–H and O–H groups in total. The van der Waals surface area contributed by atoms with Crippen molar-refractivity contribution in [3.63, 3.8) is 0 Å². The molecule has 0 radical (unpaired) electrons. The molecule has 0 saturated heterocycles. The molecule has 1 atom stereocenters. The second kappa shape index (κ2) is 9.68. The number of carbonyl (C=O) groups excluding carboxylic acids is 2. The number of benzene rings is 1. The second-order valence-electron chi connectivity index (χ2n) is 8.20. The van der Waals surface area contributed by atoms with E-state index in [1.165, 1.54) is 11.9 Å². The summed E-state index contributed by atoms with van der Waals surface area (Å²) in [6, 6.07) is 8.04. The van der Waals surface area contributed by atoms with E-state index in [1.54, 1.807) is 4.52 Å². The van der Waals surface area contributed by atoms with Crippen molar-refractivity contribution in [2.45, 2.75) is 53.5 Å². The molecule has 0 spiro atoms. The van der Waals surface area contributed by atoms with Gasteiger partial charge < -0.3 is 10.1 Å².